The molecule has 0 fully saturated rings. The quantitative estimate of drug-likeness (QED) is 0.694. The van der Waals surface area contributed by atoms with Crippen molar-refractivity contribution in [3.8, 4) is 11.5 Å². The minimum atomic E-state index is -2.01. The zero-order valence-corrected chi connectivity index (χ0v) is 13.4. The van der Waals surface area contributed by atoms with Crippen molar-refractivity contribution in [3.05, 3.63) is 72.5 Å². The zero-order valence-electron chi connectivity index (χ0n) is 11.7. The standard InChI is InChI=1S/C18H13O2PS/c22-21-16-10-3-1-6-12(16)19-14-8-5-9-15(18(14)21)20-13-7-2-4-11-17(13)21/h1-11,14,18H. The van der Waals surface area contributed by atoms with Crippen molar-refractivity contribution in [2.75, 3.05) is 0 Å². The molecule has 3 aliphatic rings. The molecule has 108 valence electrons. The van der Waals surface area contributed by atoms with Crippen LogP contribution in [0.25, 0.3) is 0 Å². The molecular formula is C18H13O2PS. The second kappa shape index (κ2) is 4.34. The highest BCUT2D eigenvalue weighted by Crippen LogP contribution is 2.62. The first-order valence-electron chi connectivity index (χ1n) is 7.30. The van der Waals surface area contributed by atoms with Gasteiger partial charge in [0.1, 0.15) is 23.4 Å². The van der Waals surface area contributed by atoms with E-state index < -0.39 is 6.04 Å². The molecule has 0 bridgehead atoms. The van der Waals surface area contributed by atoms with Gasteiger partial charge in [0.2, 0.25) is 0 Å². The molecule has 2 aromatic rings. The third-order valence-corrected chi connectivity index (χ3v) is 9.86. The number of hydrogen-bond acceptors (Lipinski definition) is 3. The first kappa shape index (κ1) is 12.7. The van der Waals surface area contributed by atoms with E-state index in [1.165, 1.54) is 10.6 Å². The molecule has 1 aliphatic carbocycles. The SMILES string of the molecule is S=P12c3ccccc3OC3=CC=CC(Oc4ccccc41)C32. The van der Waals surface area contributed by atoms with Crippen molar-refractivity contribution in [2.24, 2.45) is 0 Å². The van der Waals surface area contributed by atoms with Crippen molar-refractivity contribution in [3.63, 3.8) is 0 Å². The summed E-state index contributed by atoms with van der Waals surface area (Å²) < 4.78 is 12.3. The zero-order chi connectivity index (χ0) is 14.7. The molecular weight excluding hydrogens is 311 g/mol. The predicted molar refractivity (Wildman–Crippen MR) is 92.5 cm³/mol. The lowest BCUT2D eigenvalue weighted by Gasteiger charge is -2.46. The van der Waals surface area contributed by atoms with Crippen LogP contribution in [0.2, 0.25) is 0 Å². The highest BCUT2D eigenvalue weighted by Gasteiger charge is 2.50. The van der Waals surface area contributed by atoms with Gasteiger partial charge in [-0.3, -0.25) is 0 Å². The number of benzene rings is 2. The summed E-state index contributed by atoms with van der Waals surface area (Å²) in [6.07, 6.45) is 6.12. The van der Waals surface area contributed by atoms with Crippen LogP contribution in [0, 0.1) is 0 Å². The van der Waals surface area contributed by atoms with E-state index in [9.17, 15) is 0 Å². The molecule has 0 saturated heterocycles. The third-order valence-electron chi connectivity index (χ3n) is 4.49. The van der Waals surface area contributed by atoms with E-state index in [0.717, 1.165) is 17.3 Å². The molecule has 22 heavy (non-hydrogen) atoms. The smallest absolute Gasteiger partial charge is 0.135 e. The van der Waals surface area contributed by atoms with Crippen molar-refractivity contribution >= 4 is 28.5 Å². The molecule has 0 aromatic heterocycles. The molecule has 0 N–H and O–H groups in total. The van der Waals surface area contributed by atoms with Gasteiger partial charge in [-0.2, -0.15) is 0 Å². The number of allylic oxidation sites excluding steroid dienone is 2. The fourth-order valence-corrected chi connectivity index (χ4v) is 8.59. The Bertz CT molecular complexity index is 899. The van der Waals surface area contributed by atoms with Crippen LogP contribution in [-0.2, 0) is 11.8 Å². The molecule has 2 aliphatic heterocycles. The van der Waals surface area contributed by atoms with Gasteiger partial charge < -0.3 is 9.47 Å². The van der Waals surface area contributed by atoms with Gasteiger partial charge in [0.25, 0.3) is 0 Å². The van der Waals surface area contributed by atoms with E-state index in [1.807, 2.05) is 36.4 Å². The first-order chi connectivity index (χ1) is 10.8. The fourth-order valence-electron chi connectivity index (χ4n) is 3.56. The van der Waals surface area contributed by atoms with E-state index in [1.54, 1.807) is 0 Å². The predicted octanol–water partition coefficient (Wildman–Crippen LogP) is 3.09. The lowest BCUT2D eigenvalue weighted by molar-refractivity contribution is 0.226. The summed E-state index contributed by atoms with van der Waals surface area (Å²) in [7, 11) is 0. The largest absolute Gasteiger partial charge is 0.484 e. The number of ether oxygens (including phenoxy) is 2. The van der Waals surface area contributed by atoms with Gasteiger partial charge in [-0.25, -0.2) is 0 Å². The summed E-state index contributed by atoms with van der Waals surface area (Å²) in [5.74, 6) is 2.78. The molecule has 3 unspecified atom stereocenters. The van der Waals surface area contributed by atoms with Crippen LogP contribution in [-0.4, -0.2) is 11.8 Å². The minimum Gasteiger partial charge on any atom is -0.484 e. The molecule has 0 radical (unpaired) electrons. The molecule has 2 heterocycles. The Morgan fingerprint density at radius 2 is 1.59 bits per heavy atom. The number of para-hydroxylation sites is 2. The summed E-state index contributed by atoms with van der Waals surface area (Å²) in [6, 6.07) is 14.4. The number of rotatable bonds is 0. The summed E-state index contributed by atoms with van der Waals surface area (Å²) in [6.45, 7) is 0. The Hall–Kier alpha value is -1.83. The highest BCUT2D eigenvalue weighted by atomic mass is 32.4. The molecule has 3 atom stereocenters. The van der Waals surface area contributed by atoms with Gasteiger partial charge >= 0.3 is 0 Å². The van der Waals surface area contributed by atoms with Crippen molar-refractivity contribution in [1.82, 2.24) is 0 Å². The normalized spacial score (nSPS) is 30.1. The molecule has 0 saturated carbocycles. The lowest BCUT2D eigenvalue weighted by Crippen LogP contribution is -2.47. The topological polar surface area (TPSA) is 18.5 Å². The molecule has 2 nitrogen and oxygen atoms in total. The minimum absolute atomic E-state index is 0.0333. The Morgan fingerprint density at radius 3 is 2.41 bits per heavy atom. The van der Waals surface area contributed by atoms with Crippen molar-refractivity contribution < 1.29 is 9.47 Å². The van der Waals surface area contributed by atoms with Crippen LogP contribution in [0.3, 0.4) is 0 Å². The van der Waals surface area contributed by atoms with Crippen LogP contribution < -0.4 is 20.1 Å². The number of fused-ring (bicyclic) bond motifs is 4. The Morgan fingerprint density at radius 1 is 0.909 bits per heavy atom. The van der Waals surface area contributed by atoms with Gasteiger partial charge in [0.15, 0.2) is 0 Å². The summed E-state index contributed by atoms with van der Waals surface area (Å²) in [5, 5.41) is 2.34. The van der Waals surface area contributed by atoms with Gasteiger partial charge in [0, 0.05) is 16.6 Å². The molecule has 0 amide bonds. The molecule has 4 heteroatoms. The van der Waals surface area contributed by atoms with Gasteiger partial charge in [-0.1, -0.05) is 42.1 Å². The second-order valence-electron chi connectivity index (χ2n) is 5.68. The number of hydrogen-bond donors (Lipinski definition) is 0. The second-order valence-corrected chi connectivity index (χ2v) is 10.2. The van der Waals surface area contributed by atoms with Gasteiger partial charge in [0.05, 0.1) is 5.66 Å². The molecule has 5 rings (SSSR count). The summed E-state index contributed by atoms with van der Waals surface area (Å²) >= 11 is 6.37. The summed E-state index contributed by atoms with van der Waals surface area (Å²) in [4.78, 5) is 0. The van der Waals surface area contributed by atoms with E-state index >= 15 is 0 Å². The maximum absolute atomic E-state index is 6.37. The van der Waals surface area contributed by atoms with E-state index in [4.69, 9.17) is 21.3 Å². The van der Waals surface area contributed by atoms with Crippen molar-refractivity contribution in [2.45, 2.75) is 11.8 Å². The monoisotopic (exact) mass is 324 g/mol. The van der Waals surface area contributed by atoms with E-state index in [0.29, 0.717) is 0 Å². The molecule has 2 aromatic carbocycles. The van der Waals surface area contributed by atoms with E-state index in [-0.39, 0.29) is 11.8 Å². The average molecular weight is 324 g/mol. The maximum atomic E-state index is 6.37. The van der Waals surface area contributed by atoms with Gasteiger partial charge in [-0.05, 0) is 36.4 Å². The van der Waals surface area contributed by atoms with Crippen molar-refractivity contribution in [1.29, 1.82) is 0 Å². The third kappa shape index (κ3) is 1.48. The van der Waals surface area contributed by atoms with Crippen LogP contribution in [0.5, 0.6) is 11.5 Å². The van der Waals surface area contributed by atoms with E-state index in [2.05, 4.69) is 30.3 Å². The Balaban J connectivity index is 1.90. The van der Waals surface area contributed by atoms with Gasteiger partial charge in [-0.15, -0.1) is 0 Å². The highest BCUT2D eigenvalue weighted by molar-refractivity contribution is 8.22. The molecule has 0 spiro atoms. The van der Waals surface area contributed by atoms with Crippen LogP contribution in [0.1, 0.15) is 0 Å². The fraction of sp³-hybridized carbons (Fsp3) is 0.111. The van der Waals surface area contributed by atoms with Crippen LogP contribution in [0.4, 0.5) is 0 Å². The lowest BCUT2D eigenvalue weighted by atomic mass is 10.1. The maximum Gasteiger partial charge on any atom is 0.135 e. The average Bonchev–Trinajstić information content (AvgIpc) is 2.55. The summed E-state index contributed by atoms with van der Waals surface area (Å²) in [5.41, 5.74) is 0.109. The Kier molecular flexibility index (Phi) is 2.51. The van der Waals surface area contributed by atoms with Crippen LogP contribution >= 0.6 is 6.04 Å². The van der Waals surface area contributed by atoms with Crippen LogP contribution in [0.15, 0.2) is 72.5 Å². The Labute approximate surface area is 134 Å². The first-order valence-corrected chi connectivity index (χ1v) is 10.2.